The van der Waals surface area contributed by atoms with E-state index in [-0.39, 0.29) is 30.5 Å². The minimum atomic E-state index is -3.30. The third kappa shape index (κ3) is 2.36. The molecule has 1 amide bonds. The topological polar surface area (TPSA) is 80.7 Å². The van der Waals surface area contributed by atoms with Crippen LogP contribution in [0.15, 0.2) is 45.6 Å². The first-order valence-corrected chi connectivity index (χ1v) is 7.84. The molecule has 1 saturated heterocycles. The molecule has 1 aliphatic rings. The third-order valence-corrected chi connectivity index (χ3v) is 5.30. The smallest absolute Gasteiger partial charge is 0.289 e. The normalized spacial score (nSPS) is 16.1. The van der Waals surface area contributed by atoms with Gasteiger partial charge >= 0.3 is 0 Å². The van der Waals surface area contributed by atoms with Crippen molar-refractivity contribution >= 4 is 15.7 Å². The van der Waals surface area contributed by atoms with Crippen LogP contribution in [0.25, 0.3) is 0 Å². The molecule has 0 bridgehead atoms. The molecular formula is C13H13NO5S. The fourth-order valence-corrected chi connectivity index (χ4v) is 3.71. The van der Waals surface area contributed by atoms with Gasteiger partial charge in [-0.25, -0.2) is 8.42 Å². The summed E-state index contributed by atoms with van der Waals surface area (Å²) >= 11 is 0. The molecule has 1 aliphatic heterocycles. The molecule has 2 aromatic heterocycles. The second kappa shape index (κ2) is 4.82. The predicted octanol–water partition coefficient (Wildman–Crippen LogP) is 1.31. The van der Waals surface area contributed by atoms with Crippen LogP contribution in [0.4, 0.5) is 0 Å². The van der Waals surface area contributed by atoms with Crippen LogP contribution in [-0.2, 0) is 15.6 Å². The number of hydrogen-bond acceptors (Lipinski definition) is 5. The molecule has 0 radical (unpaired) electrons. The molecular weight excluding hydrogens is 282 g/mol. The summed E-state index contributed by atoms with van der Waals surface area (Å²) < 4.78 is 34.3. The number of likely N-dealkylation sites (tertiary alicyclic amines) is 1. The molecule has 0 N–H and O–H groups in total. The van der Waals surface area contributed by atoms with Gasteiger partial charge in [0.1, 0.15) is 11.5 Å². The van der Waals surface area contributed by atoms with E-state index in [0.717, 1.165) is 0 Å². The molecule has 106 valence electrons. The van der Waals surface area contributed by atoms with E-state index in [1.807, 2.05) is 0 Å². The van der Waals surface area contributed by atoms with E-state index in [4.69, 9.17) is 8.83 Å². The lowest BCUT2D eigenvalue weighted by Crippen LogP contribution is -2.57. The van der Waals surface area contributed by atoms with E-state index in [0.29, 0.717) is 5.76 Å². The number of nitrogens with zero attached hydrogens (tertiary/aromatic N) is 1. The standard InChI is InChI=1S/C13H13NO5S/c15-13(12-4-2-6-19-12)14-7-11(8-14)20(16,17)9-10-3-1-5-18-10/h1-6,11H,7-9H2. The number of furan rings is 2. The Morgan fingerprint density at radius 1 is 1.20 bits per heavy atom. The van der Waals surface area contributed by atoms with Crippen LogP contribution < -0.4 is 0 Å². The number of carbonyl (C=O) groups is 1. The van der Waals surface area contributed by atoms with Gasteiger partial charge in [-0.3, -0.25) is 4.79 Å². The Labute approximate surface area is 115 Å². The highest BCUT2D eigenvalue weighted by atomic mass is 32.2. The number of rotatable bonds is 4. The molecule has 0 aromatic carbocycles. The molecule has 0 unspecified atom stereocenters. The minimum absolute atomic E-state index is 0.131. The molecule has 1 fully saturated rings. The van der Waals surface area contributed by atoms with Crippen LogP contribution in [0.5, 0.6) is 0 Å². The Bertz CT molecular complexity index is 681. The lowest BCUT2D eigenvalue weighted by Gasteiger charge is -2.37. The zero-order valence-corrected chi connectivity index (χ0v) is 11.4. The molecule has 7 heteroatoms. The van der Waals surface area contributed by atoms with Gasteiger partial charge in [-0.15, -0.1) is 0 Å². The second-order valence-corrected chi connectivity index (χ2v) is 6.98. The summed E-state index contributed by atoms with van der Waals surface area (Å²) in [6.07, 6.45) is 2.86. The lowest BCUT2D eigenvalue weighted by atomic mass is 10.2. The van der Waals surface area contributed by atoms with Gasteiger partial charge in [0.15, 0.2) is 15.6 Å². The van der Waals surface area contributed by atoms with Gasteiger partial charge in [0.2, 0.25) is 0 Å². The Hall–Kier alpha value is -2.02. The SMILES string of the molecule is O=C(c1ccco1)N1CC(S(=O)(=O)Cc2ccco2)C1. The van der Waals surface area contributed by atoms with E-state index in [1.165, 1.54) is 17.4 Å². The van der Waals surface area contributed by atoms with E-state index >= 15 is 0 Å². The van der Waals surface area contributed by atoms with Gasteiger partial charge in [0.25, 0.3) is 5.91 Å². The summed E-state index contributed by atoms with van der Waals surface area (Å²) in [6.45, 7) is 0.394. The number of sulfone groups is 1. The average Bonchev–Trinajstić information content (AvgIpc) is 2.96. The molecule has 0 atom stereocenters. The summed E-state index contributed by atoms with van der Waals surface area (Å²) in [5.74, 6) is 0.236. The van der Waals surface area contributed by atoms with Gasteiger partial charge in [0, 0.05) is 13.1 Å². The molecule has 0 spiro atoms. The summed E-state index contributed by atoms with van der Waals surface area (Å²) in [4.78, 5) is 13.4. The summed E-state index contributed by atoms with van der Waals surface area (Å²) in [6, 6.07) is 6.46. The Morgan fingerprint density at radius 2 is 1.90 bits per heavy atom. The van der Waals surface area contributed by atoms with Gasteiger partial charge in [0.05, 0.1) is 17.8 Å². The van der Waals surface area contributed by atoms with Crippen molar-refractivity contribution in [3.05, 3.63) is 48.3 Å². The van der Waals surface area contributed by atoms with Crippen molar-refractivity contribution in [2.75, 3.05) is 13.1 Å². The van der Waals surface area contributed by atoms with Crippen LogP contribution >= 0.6 is 0 Å². The first-order valence-electron chi connectivity index (χ1n) is 6.13. The second-order valence-electron chi connectivity index (χ2n) is 4.70. The van der Waals surface area contributed by atoms with Crippen molar-refractivity contribution in [2.45, 2.75) is 11.0 Å². The van der Waals surface area contributed by atoms with E-state index in [2.05, 4.69) is 0 Å². The monoisotopic (exact) mass is 295 g/mol. The van der Waals surface area contributed by atoms with Gasteiger partial charge in [-0.1, -0.05) is 0 Å². The van der Waals surface area contributed by atoms with Crippen LogP contribution in [0.1, 0.15) is 16.3 Å². The zero-order valence-electron chi connectivity index (χ0n) is 10.6. The van der Waals surface area contributed by atoms with Crippen LogP contribution in [0.3, 0.4) is 0 Å². The van der Waals surface area contributed by atoms with E-state index < -0.39 is 15.1 Å². The molecule has 0 saturated carbocycles. The molecule has 0 aliphatic carbocycles. The molecule has 6 nitrogen and oxygen atoms in total. The van der Waals surface area contributed by atoms with Crippen molar-refractivity contribution in [1.82, 2.24) is 4.90 Å². The molecule has 2 aromatic rings. The lowest BCUT2D eigenvalue weighted by molar-refractivity contribution is 0.0626. The largest absolute Gasteiger partial charge is 0.468 e. The first-order chi connectivity index (χ1) is 9.56. The Morgan fingerprint density at radius 3 is 2.50 bits per heavy atom. The fourth-order valence-electron chi connectivity index (χ4n) is 2.10. The van der Waals surface area contributed by atoms with E-state index in [1.54, 1.807) is 24.3 Å². The predicted molar refractivity (Wildman–Crippen MR) is 69.7 cm³/mol. The maximum atomic E-state index is 12.1. The Kier molecular flexibility index (Phi) is 3.13. The number of carbonyl (C=O) groups excluding carboxylic acids is 1. The van der Waals surface area contributed by atoms with Gasteiger partial charge < -0.3 is 13.7 Å². The van der Waals surface area contributed by atoms with Crippen LogP contribution in [-0.4, -0.2) is 37.6 Å². The van der Waals surface area contributed by atoms with Crippen LogP contribution in [0.2, 0.25) is 0 Å². The Balaban J connectivity index is 1.61. The maximum absolute atomic E-state index is 12.1. The molecule has 3 rings (SSSR count). The van der Waals surface area contributed by atoms with E-state index in [9.17, 15) is 13.2 Å². The zero-order chi connectivity index (χ0) is 14.2. The van der Waals surface area contributed by atoms with Crippen molar-refractivity contribution in [3.63, 3.8) is 0 Å². The van der Waals surface area contributed by atoms with Crippen molar-refractivity contribution in [1.29, 1.82) is 0 Å². The summed E-state index contributed by atoms with van der Waals surface area (Å²) in [5, 5.41) is -0.536. The van der Waals surface area contributed by atoms with Gasteiger partial charge in [-0.2, -0.15) is 0 Å². The van der Waals surface area contributed by atoms with Crippen molar-refractivity contribution < 1.29 is 22.0 Å². The number of hydrogen-bond donors (Lipinski definition) is 0. The minimum Gasteiger partial charge on any atom is -0.468 e. The average molecular weight is 295 g/mol. The number of amides is 1. The highest BCUT2D eigenvalue weighted by Gasteiger charge is 2.40. The van der Waals surface area contributed by atoms with Crippen LogP contribution in [0, 0.1) is 0 Å². The van der Waals surface area contributed by atoms with Crippen molar-refractivity contribution in [3.8, 4) is 0 Å². The molecule has 3 heterocycles. The third-order valence-electron chi connectivity index (χ3n) is 3.30. The maximum Gasteiger partial charge on any atom is 0.289 e. The highest BCUT2D eigenvalue weighted by molar-refractivity contribution is 7.91. The quantitative estimate of drug-likeness (QED) is 0.849. The fraction of sp³-hybridized carbons (Fsp3) is 0.308. The highest BCUT2D eigenvalue weighted by Crippen LogP contribution is 2.22. The molecule has 20 heavy (non-hydrogen) atoms. The summed E-state index contributed by atoms with van der Waals surface area (Å²) in [7, 11) is -3.30. The summed E-state index contributed by atoms with van der Waals surface area (Å²) in [5.41, 5.74) is 0. The van der Waals surface area contributed by atoms with Crippen molar-refractivity contribution in [2.24, 2.45) is 0 Å². The van der Waals surface area contributed by atoms with Gasteiger partial charge in [-0.05, 0) is 24.3 Å². The first kappa shape index (κ1) is 13.0.